The summed E-state index contributed by atoms with van der Waals surface area (Å²) >= 11 is 0. The van der Waals surface area contributed by atoms with E-state index in [2.05, 4.69) is 10.2 Å². The zero-order valence-electron chi connectivity index (χ0n) is 9.49. The number of nitrogens with one attached hydrogen (secondary N) is 1. The highest BCUT2D eigenvalue weighted by atomic mass is 16.5. The van der Waals surface area contributed by atoms with Gasteiger partial charge in [-0.3, -0.25) is 5.10 Å². The molecule has 2 aromatic rings. The summed E-state index contributed by atoms with van der Waals surface area (Å²) in [5.41, 5.74) is 8.71. The summed E-state index contributed by atoms with van der Waals surface area (Å²) in [6.45, 7) is 0.574. The second-order valence-electron chi connectivity index (χ2n) is 3.90. The average molecular weight is 231 g/mol. The van der Waals surface area contributed by atoms with Crippen LogP contribution in [0.4, 0.5) is 5.82 Å². The van der Waals surface area contributed by atoms with Crippen molar-refractivity contribution in [2.45, 2.75) is 6.42 Å². The van der Waals surface area contributed by atoms with Crippen molar-refractivity contribution in [3.05, 3.63) is 23.8 Å². The molecule has 0 saturated carbocycles. The van der Waals surface area contributed by atoms with E-state index in [9.17, 15) is 0 Å². The molecule has 1 aliphatic heterocycles. The van der Waals surface area contributed by atoms with Gasteiger partial charge < -0.3 is 15.2 Å². The highest BCUT2D eigenvalue weighted by molar-refractivity contribution is 5.76. The summed E-state index contributed by atoms with van der Waals surface area (Å²) in [5, 5.41) is 7.01. The van der Waals surface area contributed by atoms with Crippen LogP contribution in [0.2, 0.25) is 0 Å². The van der Waals surface area contributed by atoms with E-state index in [4.69, 9.17) is 15.2 Å². The van der Waals surface area contributed by atoms with Crippen molar-refractivity contribution in [2.75, 3.05) is 19.5 Å². The van der Waals surface area contributed by atoms with Crippen LogP contribution >= 0.6 is 0 Å². The molecule has 3 rings (SSSR count). The Kier molecular flexibility index (Phi) is 2.18. The number of nitrogen functional groups attached to an aromatic ring is 1. The highest BCUT2D eigenvalue weighted by Gasteiger charge is 2.22. The minimum Gasteiger partial charge on any atom is -0.493 e. The van der Waals surface area contributed by atoms with Crippen LogP contribution in [-0.2, 0) is 6.42 Å². The standard InChI is InChI=1S/C12H13N3O2/c1-16-9-4-2-3-7-10-8(12(13)15-14-10)5-6-17-11(7)9/h2-4H,5-6H2,1H3,(H3,13,14,15). The molecule has 0 bridgehead atoms. The Morgan fingerprint density at radius 1 is 1.47 bits per heavy atom. The third-order valence-corrected chi connectivity index (χ3v) is 2.97. The van der Waals surface area contributed by atoms with Crippen LogP contribution in [0.5, 0.6) is 11.5 Å². The number of methoxy groups -OCH3 is 1. The van der Waals surface area contributed by atoms with Crippen LogP contribution in [0.15, 0.2) is 18.2 Å². The first-order valence-electron chi connectivity index (χ1n) is 5.44. The number of rotatable bonds is 1. The molecule has 3 N–H and O–H groups in total. The van der Waals surface area contributed by atoms with Crippen LogP contribution in [0.1, 0.15) is 5.56 Å². The topological polar surface area (TPSA) is 73.2 Å². The smallest absolute Gasteiger partial charge is 0.170 e. The van der Waals surface area contributed by atoms with Gasteiger partial charge in [0.25, 0.3) is 0 Å². The molecule has 0 amide bonds. The van der Waals surface area contributed by atoms with Gasteiger partial charge in [0, 0.05) is 17.5 Å². The monoisotopic (exact) mass is 231 g/mol. The van der Waals surface area contributed by atoms with Gasteiger partial charge in [-0.25, -0.2) is 0 Å². The van der Waals surface area contributed by atoms with Crippen molar-refractivity contribution in [3.8, 4) is 22.8 Å². The van der Waals surface area contributed by atoms with E-state index >= 15 is 0 Å². The molecule has 5 heteroatoms. The van der Waals surface area contributed by atoms with Gasteiger partial charge in [-0.05, 0) is 12.1 Å². The Labute approximate surface area is 98.5 Å². The largest absolute Gasteiger partial charge is 0.493 e. The summed E-state index contributed by atoms with van der Waals surface area (Å²) in [4.78, 5) is 0. The lowest BCUT2D eigenvalue weighted by molar-refractivity contribution is 0.301. The maximum absolute atomic E-state index is 5.83. The fraction of sp³-hybridized carbons (Fsp3) is 0.250. The molecule has 0 fully saturated rings. The van der Waals surface area contributed by atoms with Crippen molar-refractivity contribution in [1.29, 1.82) is 0 Å². The lowest BCUT2D eigenvalue weighted by Gasteiger charge is -2.11. The zero-order chi connectivity index (χ0) is 11.8. The third kappa shape index (κ3) is 1.43. The Hall–Kier alpha value is -2.17. The number of hydrogen-bond acceptors (Lipinski definition) is 4. The Balaban J connectivity index is 2.26. The lowest BCUT2D eigenvalue weighted by Crippen LogP contribution is -2.01. The SMILES string of the molecule is COc1cccc2c1OCCc1c(N)n[nH]c1-2. The first-order chi connectivity index (χ1) is 8.31. The Morgan fingerprint density at radius 3 is 3.18 bits per heavy atom. The molecule has 5 nitrogen and oxygen atoms in total. The minimum atomic E-state index is 0.541. The van der Waals surface area contributed by atoms with Crippen LogP contribution in [0.25, 0.3) is 11.3 Å². The van der Waals surface area contributed by atoms with Gasteiger partial charge in [-0.1, -0.05) is 6.07 Å². The molecular weight excluding hydrogens is 218 g/mol. The predicted molar refractivity (Wildman–Crippen MR) is 64.2 cm³/mol. The van der Waals surface area contributed by atoms with Crippen molar-refractivity contribution < 1.29 is 9.47 Å². The maximum Gasteiger partial charge on any atom is 0.170 e. The number of para-hydroxylation sites is 1. The first kappa shape index (κ1) is 10.0. The summed E-state index contributed by atoms with van der Waals surface area (Å²) in [5.74, 6) is 2.01. The van der Waals surface area contributed by atoms with E-state index in [1.807, 2.05) is 18.2 Å². The van der Waals surface area contributed by atoms with Crippen molar-refractivity contribution in [3.63, 3.8) is 0 Å². The van der Waals surface area contributed by atoms with E-state index in [1.165, 1.54) is 0 Å². The lowest BCUT2D eigenvalue weighted by atomic mass is 10.1. The molecule has 2 heterocycles. The van der Waals surface area contributed by atoms with Crippen LogP contribution in [-0.4, -0.2) is 23.9 Å². The minimum absolute atomic E-state index is 0.541. The number of hydrogen-bond donors (Lipinski definition) is 2. The number of aromatic nitrogens is 2. The normalized spacial score (nSPS) is 13.2. The number of aromatic amines is 1. The van der Waals surface area contributed by atoms with Crippen LogP contribution < -0.4 is 15.2 Å². The number of benzene rings is 1. The van der Waals surface area contributed by atoms with Crippen LogP contribution in [0, 0.1) is 0 Å². The van der Waals surface area contributed by atoms with Gasteiger partial charge in [0.2, 0.25) is 0 Å². The molecule has 88 valence electrons. The average Bonchev–Trinajstić information content (AvgIpc) is 2.61. The predicted octanol–water partition coefficient (Wildman–Crippen LogP) is 1.60. The summed E-state index contributed by atoms with van der Waals surface area (Å²) in [6, 6.07) is 5.77. The molecule has 0 spiro atoms. The second-order valence-corrected chi connectivity index (χ2v) is 3.90. The van der Waals surface area contributed by atoms with E-state index in [-0.39, 0.29) is 0 Å². The van der Waals surface area contributed by atoms with Gasteiger partial charge in [-0.15, -0.1) is 0 Å². The number of nitrogens with two attached hydrogens (primary N) is 1. The van der Waals surface area contributed by atoms with Crippen molar-refractivity contribution in [1.82, 2.24) is 10.2 Å². The molecule has 0 atom stereocenters. The number of anilines is 1. The van der Waals surface area contributed by atoms with Crippen LogP contribution in [0.3, 0.4) is 0 Å². The third-order valence-electron chi connectivity index (χ3n) is 2.97. The molecule has 0 saturated heterocycles. The Bertz CT molecular complexity index is 563. The fourth-order valence-corrected chi connectivity index (χ4v) is 2.13. The number of nitrogens with zero attached hydrogens (tertiary/aromatic N) is 1. The van der Waals surface area contributed by atoms with E-state index in [1.54, 1.807) is 7.11 Å². The molecule has 1 aliphatic rings. The van der Waals surface area contributed by atoms with Crippen molar-refractivity contribution in [2.24, 2.45) is 0 Å². The second kappa shape index (κ2) is 3.69. The van der Waals surface area contributed by atoms with Gasteiger partial charge in [0.1, 0.15) is 5.82 Å². The van der Waals surface area contributed by atoms with Gasteiger partial charge >= 0.3 is 0 Å². The molecular formula is C12H13N3O2. The first-order valence-corrected chi connectivity index (χ1v) is 5.44. The van der Waals surface area contributed by atoms with E-state index < -0.39 is 0 Å². The summed E-state index contributed by atoms with van der Waals surface area (Å²) in [6.07, 6.45) is 0.746. The molecule has 0 unspecified atom stereocenters. The fourth-order valence-electron chi connectivity index (χ4n) is 2.13. The van der Waals surface area contributed by atoms with Gasteiger partial charge in [-0.2, -0.15) is 5.10 Å². The van der Waals surface area contributed by atoms with Gasteiger partial charge in [0.05, 0.1) is 19.4 Å². The van der Waals surface area contributed by atoms with Crippen molar-refractivity contribution >= 4 is 5.82 Å². The molecule has 0 aliphatic carbocycles. The van der Waals surface area contributed by atoms with Gasteiger partial charge in [0.15, 0.2) is 11.5 Å². The maximum atomic E-state index is 5.83. The molecule has 0 radical (unpaired) electrons. The quantitative estimate of drug-likeness (QED) is 0.781. The molecule has 17 heavy (non-hydrogen) atoms. The zero-order valence-corrected chi connectivity index (χ0v) is 9.49. The van der Waals surface area contributed by atoms with E-state index in [0.717, 1.165) is 34.7 Å². The Morgan fingerprint density at radius 2 is 2.35 bits per heavy atom. The summed E-state index contributed by atoms with van der Waals surface area (Å²) in [7, 11) is 1.63. The number of ether oxygens (including phenoxy) is 2. The molecule has 1 aromatic heterocycles. The molecule has 1 aromatic carbocycles. The van der Waals surface area contributed by atoms with E-state index in [0.29, 0.717) is 12.4 Å². The highest BCUT2D eigenvalue weighted by Crippen LogP contribution is 2.41. The number of H-pyrrole nitrogens is 1. The summed E-state index contributed by atoms with van der Waals surface area (Å²) < 4.78 is 11.0. The number of fused-ring (bicyclic) bond motifs is 3.